The average molecular weight is 573 g/mol. The van der Waals surface area contributed by atoms with Crippen molar-refractivity contribution in [2.75, 3.05) is 0 Å². The molecule has 176 valence electrons. The predicted octanol–water partition coefficient (Wildman–Crippen LogP) is 6.00. The molecule has 5 rings (SSSR count). The van der Waals surface area contributed by atoms with Crippen LogP contribution in [0.25, 0.3) is 0 Å². The Labute approximate surface area is 218 Å². The molecule has 1 nitrogen and oxygen atoms in total. The fourth-order valence-corrected chi connectivity index (χ4v) is 22.4. The van der Waals surface area contributed by atoms with E-state index in [1.54, 1.807) is 0 Å². The number of ketones is 1. The van der Waals surface area contributed by atoms with Crippen molar-refractivity contribution < 1.29 is 4.79 Å². The first kappa shape index (κ1) is 24.3. The third-order valence-corrected chi connectivity index (χ3v) is 23.0. The number of rotatable bonds is 8. The minimum absolute atomic E-state index is 0.0559. The third-order valence-electron chi connectivity index (χ3n) is 7.28. The van der Waals surface area contributed by atoms with Crippen LogP contribution in [-0.2, 0) is 0 Å². The number of benzene rings is 5. The Kier molecular flexibility index (Phi) is 7.48. The quantitative estimate of drug-likeness (QED) is 0.165. The number of carbonyl (C=O) groups excluding carboxylic acids is 1. The summed E-state index contributed by atoms with van der Waals surface area (Å²) in [6.07, 6.45) is 0. The molecule has 0 N–H and O–H groups in total. The second-order valence-electron chi connectivity index (χ2n) is 9.31. The first-order valence-corrected chi connectivity index (χ1v) is 18.5. The van der Waals surface area contributed by atoms with Gasteiger partial charge in [-0.1, -0.05) is 0 Å². The Balaban J connectivity index is 1.86. The zero-order valence-corrected chi connectivity index (χ0v) is 23.4. The molecule has 0 bridgehead atoms. The molecule has 0 heterocycles. The SMILES string of the molecule is C[C@@H](C(=O)c1ccccc1)[C@@H](c1ccccc1)[Sn]([c]1ccccc1)([c]1ccccc1)[c]1ccccc1. The first-order chi connectivity index (χ1) is 17.7. The van der Waals surface area contributed by atoms with E-state index < -0.39 is 18.4 Å². The normalized spacial score (nSPS) is 13.0. The molecule has 0 radical (unpaired) electrons. The monoisotopic (exact) mass is 574 g/mol. The van der Waals surface area contributed by atoms with Crippen LogP contribution in [-0.4, -0.2) is 24.2 Å². The van der Waals surface area contributed by atoms with Crippen molar-refractivity contribution in [3.8, 4) is 0 Å². The van der Waals surface area contributed by atoms with Crippen LogP contribution in [0.4, 0.5) is 0 Å². The molecule has 0 amide bonds. The van der Waals surface area contributed by atoms with Gasteiger partial charge < -0.3 is 0 Å². The summed E-state index contributed by atoms with van der Waals surface area (Å²) in [5.74, 6) is -0.000426. The van der Waals surface area contributed by atoms with E-state index in [4.69, 9.17) is 0 Å². The fraction of sp³-hybridized carbons (Fsp3) is 0.0882. The molecule has 5 aromatic rings. The Morgan fingerprint density at radius 1 is 0.500 bits per heavy atom. The van der Waals surface area contributed by atoms with Crippen LogP contribution in [0.3, 0.4) is 0 Å². The van der Waals surface area contributed by atoms with Crippen LogP contribution in [0.15, 0.2) is 152 Å². The van der Waals surface area contributed by atoms with Gasteiger partial charge in [0.2, 0.25) is 0 Å². The average Bonchev–Trinajstić information content (AvgIpc) is 2.97. The molecule has 0 unspecified atom stereocenters. The summed E-state index contributed by atoms with van der Waals surface area (Å²) in [5, 5.41) is 0. The summed E-state index contributed by atoms with van der Waals surface area (Å²) >= 11 is -3.89. The van der Waals surface area contributed by atoms with Gasteiger partial charge in [0.25, 0.3) is 0 Å². The van der Waals surface area contributed by atoms with Gasteiger partial charge in [0.05, 0.1) is 0 Å². The van der Waals surface area contributed by atoms with Gasteiger partial charge in [0, 0.05) is 0 Å². The Morgan fingerprint density at radius 3 is 1.22 bits per heavy atom. The van der Waals surface area contributed by atoms with E-state index in [1.807, 2.05) is 30.3 Å². The van der Waals surface area contributed by atoms with Gasteiger partial charge in [-0.2, -0.15) is 0 Å². The fourth-order valence-electron chi connectivity index (χ4n) is 5.73. The second-order valence-corrected chi connectivity index (χ2v) is 20.6. The molecular weight excluding hydrogens is 543 g/mol. The van der Waals surface area contributed by atoms with Crippen molar-refractivity contribution in [2.45, 2.75) is 10.9 Å². The van der Waals surface area contributed by atoms with E-state index in [9.17, 15) is 4.79 Å². The van der Waals surface area contributed by atoms with Crippen molar-refractivity contribution in [1.29, 1.82) is 0 Å². The summed E-state index contributed by atoms with van der Waals surface area (Å²) in [4.78, 5) is 14.1. The van der Waals surface area contributed by atoms with Crippen molar-refractivity contribution in [3.05, 3.63) is 163 Å². The molecule has 0 saturated heterocycles. The van der Waals surface area contributed by atoms with Crippen molar-refractivity contribution >= 4 is 34.9 Å². The van der Waals surface area contributed by atoms with Crippen LogP contribution in [0, 0.1) is 5.92 Å². The van der Waals surface area contributed by atoms with Crippen molar-refractivity contribution in [1.82, 2.24) is 0 Å². The summed E-state index contributed by atoms with van der Waals surface area (Å²) in [5.41, 5.74) is 2.02. The molecule has 2 heteroatoms. The second kappa shape index (κ2) is 11.1. The van der Waals surface area contributed by atoms with E-state index >= 15 is 0 Å². The molecule has 0 aliphatic carbocycles. The summed E-state index contributed by atoms with van der Waals surface area (Å²) < 4.78 is 4.20. The summed E-state index contributed by atoms with van der Waals surface area (Å²) in [7, 11) is 0. The van der Waals surface area contributed by atoms with Gasteiger partial charge in [-0.15, -0.1) is 0 Å². The summed E-state index contributed by atoms with van der Waals surface area (Å²) in [6, 6.07) is 53.5. The molecule has 0 aliphatic rings. The first-order valence-electron chi connectivity index (χ1n) is 12.5. The zero-order valence-electron chi connectivity index (χ0n) is 20.5. The van der Waals surface area contributed by atoms with E-state index in [2.05, 4.69) is 128 Å². The Bertz CT molecular complexity index is 1290. The number of carbonyl (C=O) groups is 1. The molecule has 0 aliphatic heterocycles. The van der Waals surface area contributed by atoms with E-state index in [-0.39, 0.29) is 15.6 Å². The Hall–Kier alpha value is -3.43. The topological polar surface area (TPSA) is 17.1 Å². The van der Waals surface area contributed by atoms with Crippen LogP contribution in [0.2, 0.25) is 0 Å². The molecule has 0 aromatic heterocycles. The minimum atomic E-state index is -3.89. The van der Waals surface area contributed by atoms with E-state index in [0.29, 0.717) is 0 Å². The Morgan fingerprint density at radius 2 is 0.833 bits per heavy atom. The third kappa shape index (κ3) is 4.56. The predicted molar refractivity (Wildman–Crippen MR) is 153 cm³/mol. The molecule has 2 atom stereocenters. The number of hydrogen-bond donors (Lipinski definition) is 0. The standard InChI is InChI=1S/C16H15O.3C6H5.Sn/c1-13(12-14-8-4-2-5-9-14)16(17)15-10-6-3-7-11-15;3*1-2-4-6-5-3-1;/h2-13H,1H3;3*1-5H;/t13-;;;;/m1..../s1. The molecule has 5 aromatic carbocycles. The molecular formula is C34H30OSn. The van der Waals surface area contributed by atoms with Crippen molar-refractivity contribution in [3.63, 3.8) is 0 Å². The van der Waals surface area contributed by atoms with Gasteiger partial charge in [0.15, 0.2) is 0 Å². The zero-order chi connectivity index (χ0) is 24.8. The van der Waals surface area contributed by atoms with Crippen molar-refractivity contribution in [2.24, 2.45) is 5.92 Å². The van der Waals surface area contributed by atoms with Gasteiger partial charge >= 0.3 is 219 Å². The van der Waals surface area contributed by atoms with Crippen LogP contribution in [0.5, 0.6) is 0 Å². The summed E-state index contributed by atoms with van der Waals surface area (Å²) in [6.45, 7) is 2.15. The van der Waals surface area contributed by atoms with Gasteiger partial charge in [-0.25, -0.2) is 0 Å². The number of hydrogen-bond acceptors (Lipinski definition) is 1. The van der Waals surface area contributed by atoms with Crippen LogP contribution in [0.1, 0.15) is 26.8 Å². The molecule has 36 heavy (non-hydrogen) atoms. The maximum absolute atomic E-state index is 14.1. The van der Waals surface area contributed by atoms with E-state index in [0.717, 1.165) is 5.56 Å². The van der Waals surface area contributed by atoms with Gasteiger partial charge in [-0.3, -0.25) is 0 Å². The molecule has 0 saturated carbocycles. The van der Waals surface area contributed by atoms with Crippen LogP contribution >= 0.6 is 0 Å². The van der Waals surface area contributed by atoms with E-state index in [1.165, 1.54) is 16.3 Å². The van der Waals surface area contributed by atoms with Gasteiger partial charge in [0.1, 0.15) is 0 Å². The number of Topliss-reactive ketones (excluding diaryl/α,β-unsaturated/α-hetero) is 1. The van der Waals surface area contributed by atoms with Crippen LogP contribution < -0.4 is 10.7 Å². The molecule has 0 fully saturated rings. The molecule has 0 spiro atoms. The van der Waals surface area contributed by atoms with Gasteiger partial charge in [-0.05, 0) is 0 Å². The maximum atomic E-state index is 14.1.